The van der Waals surface area contributed by atoms with E-state index in [9.17, 15) is 18.3 Å². The van der Waals surface area contributed by atoms with Crippen LogP contribution in [0.1, 0.15) is 60.8 Å². The SMILES string of the molecule is Cc1cc(S(=O)(=O)Nc2ccc(N3CCN(c4cccc(-c5c(C(=O)N6CCOCC6)c(C)n(C(C)C)c5-c5ccc(Cl)cc5)c4)CC3)cc2)ccc1N[C@H](CCN1CCC(O)CC1)CSc1ccccc1. The van der Waals surface area contributed by atoms with Gasteiger partial charge in [0.25, 0.3) is 15.9 Å². The molecule has 72 heavy (non-hydrogen) atoms. The Morgan fingerprint density at radius 3 is 2.12 bits per heavy atom. The van der Waals surface area contributed by atoms with Gasteiger partial charge in [0, 0.05) is 121 Å². The Hall–Kier alpha value is -5.48. The largest absolute Gasteiger partial charge is 0.393 e. The lowest BCUT2D eigenvalue weighted by Crippen LogP contribution is -2.46. The minimum Gasteiger partial charge on any atom is -0.393 e. The summed E-state index contributed by atoms with van der Waals surface area (Å²) in [6.45, 7) is 16.4. The van der Waals surface area contributed by atoms with Crippen LogP contribution in [0.15, 0.2) is 131 Å². The molecular weight excluding hydrogens is 962 g/mol. The van der Waals surface area contributed by atoms with Gasteiger partial charge < -0.3 is 39.3 Å². The fourth-order valence-corrected chi connectivity index (χ4v) is 12.6. The summed E-state index contributed by atoms with van der Waals surface area (Å²) in [5.74, 6) is 0.889. The maximum Gasteiger partial charge on any atom is 0.261 e. The van der Waals surface area contributed by atoms with Crippen molar-refractivity contribution in [3.05, 3.63) is 143 Å². The molecule has 1 aromatic heterocycles. The van der Waals surface area contributed by atoms with E-state index in [1.54, 1.807) is 12.1 Å². The number of nitrogens with one attached hydrogen (secondary N) is 2. The number of anilines is 4. The Labute approximate surface area is 435 Å². The number of morpholine rings is 1. The molecule has 3 saturated heterocycles. The average molecular weight is 1030 g/mol. The molecule has 0 unspecified atom stereocenters. The first-order valence-electron chi connectivity index (χ1n) is 25.4. The summed E-state index contributed by atoms with van der Waals surface area (Å²) in [6, 6.07) is 40.1. The number of likely N-dealkylation sites (tertiary alicyclic amines) is 1. The third kappa shape index (κ3) is 12.1. The number of carbonyl (C=O) groups excluding carboxylic acids is 1. The van der Waals surface area contributed by atoms with Crippen molar-refractivity contribution >= 4 is 62.0 Å². The summed E-state index contributed by atoms with van der Waals surface area (Å²) in [7, 11) is -3.86. The number of nitrogens with zero attached hydrogens (tertiary/aromatic N) is 5. The first-order chi connectivity index (χ1) is 34.8. The molecule has 4 heterocycles. The van der Waals surface area contributed by atoms with Crippen LogP contribution < -0.4 is 19.8 Å². The van der Waals surface area contributed by atoms with Gasteiger partial charge in [-0.1, -0.05) is 54.1 Å². The molecular formula is C57H68ClN7O5S2. The van der Waals surface area contributed by atoms with Gasteiger partial charge >= 0.3 is 0 Å². The summed E-state index contributed by atoms with van der Waals surface area (Å²) >= 11 is 8.21. The highest BCUT2D eigenvalue weighted by Gasteiger charge is 2.32. The van der Waals surface area contributed by atoms with Crippen molar-refractivity contribution in [1.29, 1.82) is 0 Å². The zero-order valence-electron chi connectivity index (χ0n) is 41.9. The van der Waals surface area contributed by atoms with Crippen molar-refractivity contribution in [2.45, 2.75) is 74.9 Å². The molecule has 9 rings (SSSR count). The fraction of sp³-hybridized carbons (Fsp3) is 0.386. The highest BCUT2D eigenvalue weighted by Crippen LogP contribution is 2.43. The van der Waals surface area contributed by atoms with Crippen LogP contribution in [0.25, 0.3) is 22.4 Å². The molecule has 1 amide bonds. The number of hydrogen-bond donors (Lipinski definition) is 3. The van der Waals surface area contributed by atoms with Gasteiger partial charge in [-0.15, -0.1) is 11.8 Å². The number of amides is 1. The van der Waals surface area contributed by atoms with Crippen LogP contribution in [0.5, 0.6) is 0 Å². The average Bonchev–Trinajstić information content (AvgIpc) is 3.71. The summed E-state index contributed by atoms with van der Waals surface area (Å²) in [4.78, 5) is 25.0. The Kier molecular flexibility index (Phi) is 16.5. The second kappa shape index (κ2) is 23.2. The summed E-state index contributed by atoms with van der Waals surface area (Å²) in [6.07, 6.45) is 2.35. The van der Waals surface area contributed by atoms with Crippen LogP contribution >= 0.6 is 23.4 Å². The number of sulfonamides is 1. The smallest absolute Gasteiger partial charge is 0.261 e. The van der Waals surface area contributed by atoms with E-state index in [2.05, 4.69) is 98.6 Å². The van der Waals surface area contributed by atoms with E-state index >= 15 is 0 Å². The maximum atomic E-state index is 14.5. The van der Waals surface area contributed by atoms with Gasteiger partial charge in [-0.05, 0) is 143 Å². The Bertz CT molecular complexity index is 2890. The number of aryl methyl sites for hydroxylation is 1. The van der Waals surface area contributed by atoms with Crippen LogP contribution in [0, 0.1) is 13.8 Å². The number of thioether (sulfide) groups is 1. The number of halogens is 1. The molecule has 3 aliphatic rings. The molecule has 0 bridgehead atoms. The lowest BCUT2D eigenvalue weighted by atomic mass is 9.95. The fourth-order valence-electron chi connectivity index (χ4n) is 10.3. The number of ether oxygens (including phenoxy) is 1. The molecule has 0 aliphatic carbocycles. The van der Waals surface area contributed by atoms with E-state index in [1.807, 2.05) is 84.2 Å². The van der Waals surface area contributed by atoms with Gasteiger partial charge in [0.05, 0.1) is 35.5 Å². The number of aliphatic hydroxyl groups is 1. The van der Waals surface area contributed by atoms with Gasteiger partial charge in [0.15, 0.2) is 0 Å². The number of carbonyl (C=O) groups is 1. The minimum absolute atomic E-state index is 0.0246. The number of benzene rings is 5. The summed E-state index contributed by atoms with van der Waals surface area (Å²) in [5.41, 5.74) is 10.0. The quantitative estimate of drug-likeness (QED) is 0.0761. The number of aromatic nitrogens is 1. The third-order valence-electron chi connectivity index (χ3n) is 14.3. The lowest BCUT2D eigenvalue weighted by molar-refractivity contribution is 0.0302. The van der Waals surface area contributed by atoms with E-state index in [0.717, 1.165) is 127 Å². The molecule has 380 valence electrons. The normalized spacial score (nSPS) is 16.6. The topological polar surface area (TPSA) is 123 Å². The van der Waals surface area contributed by atoms with Crippen LogP contribution in [0.4, 0.5) is 22.7 Å². The van der Waals surface area contributed by atoms with Crippen molar-refractivity contribution in [3.63, 3.8) is 0 Å². The predicted octanol–water partition coefficient (Wildman–Crippen LogP) is 10.7. The highest BCUT2D eigenvalue weighted by atomic mass is 35.5. The van der Waals surface area contributed by atoms with Crippen LogP contribution in [0.2, 0.25) is 5.02 Å². The summed E-state index contributed by atoms with van der Waals surface area (Å²) in [5, 5.41) is 14.4. The number of rotatable bonds is 17. The second-order valence-electron chi connectivity index (χ2n) is 19.5. The van der Waals surface area contributed by atoms with E-state index in [0.29, 0.717) is 37.0 Å². The number of piperidine rings is 1. The highest BCUT2D eigenvalue weighted by molar-refractivity contribution is 7.99. The van der Waals surface area contributed by atoms with Crippen molar-refractivity contribution in [2.24, 2.45) is 0 Å². The molecule has 3 N–H and O–H groups in total. The van der Waals surface area contributed by atoms with E-state index in [4.69, 9.17) is 16.3 Å². The van der Waals surface area contributed by atoms with Gasteiger partial charge in [-0.3, -0.25) is 9.52 Å². The zero-order valence-corrected chi connectivity index (χ0v) is 44.3. The van der Waals surface area contributed by atoms with E-state index in [-0.39, 0.29) is 29.0 Å². The zero-order chi connectivity index (χ0) is 50.4. The van der Waals surface area contributed by atoms with Crippen molar-refractivity contribution in [2.75, 3.05) is 97.7 Å². The van der Waals surface area contributed by atoms with Gasteiger partial charge in [0.2, 0.25) is 0 Å². The van der Waals surface area contributed by atoms with Gasteiger partial charge in [0.1, 0.15) is 0 Å². The monoisotopic (exact) mass is 1030 g/mol. The van der Waals surface area contributed by atoms with Gasteiger partial charge in [-0.2, -0.15) is 0 Å². The molecule has 6 aromatic rings. The number of aliphatic hydroxyl groups excluding tert-OH is 1. The molecule has 15 heteroatoms. The Balaban J connectivity index is 0.856. The minimum atomic E-state index is -3.86. The first-order valence-corrected chi connectivity index (χ1v) is 28.2. The second-order valence-corrected chi connectivity index (χ2v) is 22.8. The number of piperazine rings is 1. The molecule has 3 fully saturated rings. The van der Waals surface area contributed by atoms with Crippen LogP contribution in [-0.2, 0) is 14.8 Å². The van der Waals surface area contributed by atoms with Gasteiger partial charge in [-0.25, -0.2) is 8.42 Å². The molecule has 0 saturated carbocycles. The Morgan fingerprint density at radius 2 is 1.46 bits per heavy atom. The Morgan fingerprint density at radius 1 is 0.778 bits per heavy atom. The molecule has 1 atom stereocenters. The van der Waals surface area contributed by atoms with E-state index in [1.165, 1.54) is 4.90 Å². The van der Waals surface area contributed by atoms with Crippen molar-refractivity contribution < 1.29 is 23.1 Å². The number of hydrogen-bond acceptors (Lipinski definition) is 10. The molecule has 5 aromatic carbocycles. The van der Waals surface area contributed by atoms with Crippen LogP contribution in [0.3, 0.4) is 0 Å². The maximum absolute atomic E-state index is 14.5. The van der Waals surface area contributed by atoms with Crippen LogP contribution in [-0.4, -0.2) is 124 Å². The van der Waals surface area contributed by atoms with E-state index < -0.39 is 10.0 Å². The molecule has 3 aliphatic heterocycles. The third-order valence-corrected chi connectivity index (χ3v) is 17.1. The molecule has 0 spiro atoms. The first kappa shape index (κ1) is 51.4. The summed E-state index contributed by atoms with van der Waals surface area (Å²) < 4.78 is 38.3. The van der Waals surface area contributed by atoms with Crippen molar-refractivity contribution in [3.8, 4) is 22.4 Å². The molecule has 12 nitrogen and oxygen atoms in total. The lowest BCUT2D eigenvalue weighted by Gasteiger charge is -2.37. The van der Waals surface area contributed by atoms with Crippen molar-refractivity contribution in [1.82, 2.24) is 14.4 Å². The predicted molar refractivity (Wildman–Crippen MR) is 296 cm³/mol. The molecule has 0 radical (unpaired) electrons. The standard InChI is InChI=1S/C57H68ClN7O5S2/c1-40(2)65-42(4)54(57(67)64-33-35-70-36-34-64)55(56(65)43-13-15-45(58)16-14-43)44-9-8-10-49(38-44)63-31-29-62(30-32-63)48-19-17-46(18-20-48)60-72(68,69)52-21-22-53(41(3)37-52)59-47(39-71-51-11-6-5-7-12-51)23-26-61-27-24-50(66)25-28-61/h5-22,37-38,40,47,50,59-60,66H,23-36,39H2,1-4H3/t47-/m1/s1.